The molecule has 5 heteroatoms. The predicted octanol–water partition coefficient (Wildman–Crippen LogP) is 4.98. The summed E-state index contributed by atoms with van der Waals surface area (Å²) in [6.07, 6.45) is 6.98. The van der Waals surface area contributed by atoms with Crippen LogP contribution in [-0.4, -0.2) is 32.5 Å². The Morgan fingerprint density at radius 3 is 2.67 bits per heavy atom. The molecule has 30 heavy (non-hydrogen) atoms. The minimum atomic E-state index is -0.255. The number of ether oxygens (including phenoxy) is 4. The van der Waals surface area contributed by atoms with Crippen LogP contribution >= 0.6 is 0 Å². The van der Waals surface area contributed by atoms with E-state index in [1.54, 1.807) is 14.2 Å². The standard InChI is InChI=1S/C25H27NO4/c1-5-10-25(6-2)23-17(7-8-20(27-3)24(23)28-4)12-19-18-14-22-21(29-15-30-22)13-16(18)9-11-26(19)25/h5,7-8,12-14H,1,6,9-11,15H2,2-4H3. The van der Waals surface area contributed by atoms with Crippen molar-refractivity contribution in [2.75, 3.05) is 27.6 Å². The van der Waals surface area contributed by atoms with Crippen LogP contribution in [0.25, 0.3) is 11.8 Å². The molecule has 0 saturated heterocycles. The molecular weight excluding hydrogens is 378 g/mol. The van der Waals surface area contributed by atoms with Gasteiger partial charge in [0.15, 0.2) is 23.0 Å². The fraction of sp³-hybridized carbons (Fsp3) is 0.360. The first-order chi connectivity index (χ1) is 14.7. The molecule has 0 saturated carbocycles. The summed E-state index contributed by atoms with van der Waals surface area (Å²) in [6.45, 7) is 7.54. The van der Waals surface area contributed by atoms with E-state index in [4.69, 9.17) is 18.9 Å². The van der Waals surface area contributed by atoms with E-state index in [0.29, 0.717) is 0 Å². The van der Waals surface area contributed by atoms with E-state index in [1.165, 1.54) is 22.4 Å². The van der Waals surface area contributed by atoms with Gasteiger partial charge >= 0.3 is 0 Å². The van der Waals surface area contributed by atoms with Crippen molar-refractivity contribution in [1.29, 1.82) is 0 Å². The zero-order valence-corrected chi connectivity index (χ0v) is 17.8. The Balaban J connectivity index is 1.79. The summed E-state index contributed by atoms with van der Waals surface area (Å²) >= 11 is 0. The predicted molar refractivity (Wildman–Crippen MR) is 117 cm³/mol. The highest BCUT2D eigenvalue weighted by Crippen LogP contribution is 2.54. The fourth-order valence-electron chi connectivity index (χ4n) is 5.32. The second kappa shape index (κ2) is 7.01. The second-order valence-corrected chi connectivity index (χ2v) is 7.94. The van der Waals surface area contributed by atoms with Crippen molar-refractivity contribution in [3.05, 3.63) is 59.2 Å². The molecule has 0 amide bonds. The molecule has 3 aliphatic heterocycles. The number of fused-ring (bicyclic) bond motifs is 5. The van der Waals surface area contributed by atoms with E-state index in [0.717, 1.165) is 54.4 Å². The van der Waals surface area contributed by atoms with Crippen molar-refractivity contribution in [1.82, 2.24) is 4.90 Å². The lowest BCUT2D eigenvalue weighted by molar-refractivity contribution is 0.142. The Hall–Kier alpha value is -3.08. The van der Waals surface area contributed by atoms with Gasteiger partial charge in [0.2, 0.25) is 6.79 Å². The van der Waals surface area contributed by atoms with Crippen molar-refractivity contribution in [2.45, 2.75) is 31.7 Å². The molecule has 0 aliphatic carbocycles. The molecule has 2 aromatic carbocycles. The van der Waals surface area contributed by atoms with Gasteiger partial charge in [-0.1, -0.05) is 19.1 Å². The van der Waals surface area contributed by atoms with Crippen molar-refractivity contribution in [3.8, 4) is 23.0 Å². The van der Waals surface area contributed by atoms with Gasteiger partial charge in [-0.15, -0.1) is 6.58 Å². The Morgan fingerprint density at radius 1 is 1.17 bits per heavy atom. The summed E-state index contributed by atoms with van der Waals surface area (Å²) in [5.41, 5.74) is 5.82. The highest BCUT2D eigenvalue weighted by molar-refractivity contribution is 5.88. The lowest BCUT2D eigenvalue weighted by Crippen LogP contribution is -2.49. The van der Waals surface area contributed by atoms with Crippen molar-refractivity contribution in [2.24, 2.45) is 0 Å². The average molecular weight is 405 g/mol. The Bertz CT molecular complexity index is 1060. The first kappa shape index (κ1) is 18.9. The van der Waals surface area contributed by atoms with Crippen LogP contribution in [-0.2, 0) is 12.0 Å². The molecule has 0 bridgehead atoms. The summed E-state index contributed by atoms with van der Waals surface area (Å²) in [4.78, 5) is 2.53. The molecule has 5 rings (SSSR count). The summed E-state index contributed by atoms with van der Waals surface area (Å²) in [6, 6.07) is 8.40. The minimum Gasteiger partial charge on any atom is -0.493 e. The number of benzene rings is 2. The quantitative estimate of drug-likeness (QED) is 0.656. The smallest absolute Gasteiger partial charge is 0.231 e. The monoisotopic (exact) mass is 405 g/mol. The molecule has 3 heterocycles. The molecule has 156 valence electrons. The van der Waals surface area contributed by atoms with Gasteiger partial charge in [0.25, 0.3) is 0 Å². The first-order valence-corrected chi connectivity index (χ1v) is 10.5. The third kappa shape index (κ3) is 2.47. The number of hydrogen-bond acceptors (Lipinski definition) is 5. The van der Waals surface area contributed by atoms with Gasteiger partial charge in [0.05, 0.1) is 19.8 Å². The van der Waals surface area contributed by atoms with Crippen LogP contribution in [0.2, 0.25) is 0 Å². The van der Waals surface area contributed by atoms with Crippen molar-refractivity contribution < 1.29 is 18.9 Å². The molecule has 5 nitrogen and oxygen atoms in total. The maximum absolute atomic E-state index is 5.90. The van der Waals surface area contributed by atoms with Crippen LogP contribution in [0.5, 0.6) is 23.0 Å². The zero-order chi connectivity index (χ0) is 20.9. The Morgan fingerprint density at radius 2 is 1.97 bits per heavy atom. The van der Waals surface area contributed by atoms with Gasteiger partial charge in [-0.25, -0.2) is 0 Å². The van der Waals surface area contributed by atoms with Gasteiger partial charge in [-0.3, -0.25) is 0 Å². The first-order valence-electron chi connectivity index (χ1n) is 10.5. The molecular formula is C25H27NO4. The third-order valence-electron chi connectivity index (χ3n) is 6.69. The molecule has 3 aliphatic rings. The number of rotatable bonds is 5. The third-order valence-corrected chi connectivity index (χ3v) is 6.69. The fourth-order valence-corrected chi connectivity index (χ4v) is 5.32. The van der Waals surface area contributed by atoms with Gasteiger partial charge in [0.1, 0.15) is 0 Å². The molecule has 0 spiro atoms. The Labute approximate surface area is 177 Å². The summed E-state index contributed by atoms with van der Waals surface area (Å²) in [5, 5.41) is 0. The number of nitrogens with zero attached hydrogens (tertiary/aromatic N) is 1. The number of methoxy groups -OCH3 is 2. The maximum atomic E-state index is 5.90. The SMILES string of the molecule is C=CCC1(CC)c2c(ccc(OC)c2OC)C=C2c3cc4c(cc3CCN21)OCO4. The summed E-state index contributed by atoms with van der Waals surface area (Å²) in [5.74, 6) is 3.24. The lowest BCUT2D eigenvalue weighted by Gasteiger charge is -2.52. The van der Waals surface area contributed by atoms with E-state index in [-0.39, 0.29) is 12.3 Å². The summed E-state index contributed by atoms with van der Waals surface area (Å²) < 4.78 is 22.8. The molecule has 0 N–H and O–H groups in total. The highest BCUT2D eigenvalue weighted by atomic mass is 16.7. The molecule has 1 atom stereocenters. The molecule has 0 aromatic heterocycles. The van der Waals surface area contributed by atoms with E-state index < -0.39 is 0 Å². The maximum Gasteiger partial charge on any atom is 0.231 e. The van der Waals surface area contributed by atoms with Crippen molar-refractivity contribution in [3.63, 3.8) is 0 Å². The normalized spacial score (nSPS) is 20.6. The van der Waals surface area contributed by atoms with Crippen LogP contribution < -0.4 is 18.9 Å². The van der Waals surface area contributed by atoms with Gasteiger partial charge in [-0.2, -0.15) is 0 Å². The van der Waals surface area contributed by atoms with Crippen LogP contribution in [0, 0.1) is 0 Å². The van der Waals surface area contributed by atoms with Gasteiger partial charge < -0.3 is 23.8 Å². The molecule has 1 unspecified atom stereocenters. The Kier molecular flexibility index (Phi) is 4.42. The topological polar surface area (TPSA) is 40.2 Å². The van der Waals surface area contributed by atoms with E-state index in [9.17, 15) is 0 Å². The highest BCUT2D eigenvalue weighted by Gasteiger charge is 2.46. The van der Waals surface area contributed by atoms with Crippen LogP contribution in [0.3, 0.4) is 0 Å². The van der Waals surface area contributed by atoms with Crippen LogP contribution in [0.1, 0.15) is 42.0 Å². The lowest BCUT2D eigenvalue weighted by atomic mass is 9.74. The minimum absolute atomic E-state index is 0.255. The molecule has 2 aromatic rings. The van der Waals surface area contributed by atoms with E-state index >= 15 is 0 Å². The second-order valence-electron chi connectivity index (χ2n) is 7.94. The van der Waals surface area contributed by atoms with E-state index in [1.807, 2.05) is 12.1 Å². The van der Waals surface area contributed by atoms with Crippen LogP contribution in [0.15, 0.2) is 36.9 Å². The van der Waals surface area contributed by atoms with Gasteiger partial charge in [-0.05, 0) is 54.7 Å². The summed E-state index contributed by atoms with van der Waals surface area (Å²) in [7, 11) is 3.41. The van der Waals surface area contributed by atoms with E-state index in [2.05, 4.69) is 42.7 Å². The average Bonchev–Trinajstić information content (AvgIpc) is 3.24. The van der Waals surface area contributed by atoms with Crippen LogP contribution in [0.4, 0.5) is 0 Å². The molecule has 0 fully saturated rings. The van der Waals surface area contributed by atoms with Gasteiger partial charge in [0, 0.05) is 23.4 Å². The van der Waals surface area contributed by atoms with Crippen molar-refractivity contribution >= 4 is 11.8 Å². The largest absolute Gasteiger partial charge is 0.493 e. The number of hydrogen-bond donors (Lipinski definition) is 0. The molecule has 0 radical (unpaired) electrons. The zero-order valence-electron chi connectivity index (χ0n) is 17.8.